The molecule has 14 heavy (non-hydrogen) atoms. The molecule has 0 aliphatic rings. The van der Waals surface area contributed by atoms with Crippen molar-refractivity contribution in [1.82, 2.24) is 0 Å². The summed E-state index contributed by atoms with van der Waals surface area (Å²) in [6.07, 6.45) is 0. The Hall–Kier alpha value is -0.830. The summed E-state index contributed by atoms with van der Waals surface area (Å²) >= 11 is 0. The van der Waals surface area contributed by atoms with Crippen LogP contribution in [0, 0.1) is 0 Å². The SMILES string of the molecule is O=C[O-].[Na+].c1ccc2ccccc2c1. The summed E-state index contributed by atoms with van der Waals surface area (Å²) < 4.78 is 0. The van der Waals surface area contributed by atoms with Crippen LogP contribution in [0.4, 0.5) is 0 Å². The van der Waals surface area contributed by atoms with E-state index in [2.05, 4.69) is 48.5 Å². The molecule has 66 valence electrons. The Bertz CT molecular complexity index is 322. The fraction of sp³-hybridized carbons (Fsp3) is 0. The van der Waals surface area contributed by atoms with E-state index in [1.165, 1.54) is 10.8 Å². The third kappa shape index (κ3) is 3.92. The summed E-state index contributed by atoms with van der Waals surface area (Å²) in [5.41, 5.74) is 0. The second-order valence-corrected chi connectivity index (χ2v) is 2.44. The maximum atomic E-state index is 8.25. The van der Waals surface area contributed by atoms with E-state index < -0.39 is 6.47 Å². The summed E-state index contributed by atoms with van der Waals surface area (Å²) in [4.78, 5) is 8.25. The molecule has 2 aromatic rings. The van der Waals surface area contributed by atoms with E-state index in [0.717, 1.165) is 0 Å². The number of carboxylic acid groups (broad SMARTS) is 1. The van der Waals surface area contributed by atoms with Crippen molar-refractivity contribution in [2.45, 2.75) is 0 Å². The van der Waals surface area contributed by atoms with Gasteiger partial charge in [-0.1, -0.05) is 48.5 Å². The van der Waals surface area contributed by atoms with Crippen molar-refractivity contribution in [3.05, 3.63) is 48.5 Å². The molecule has 0 fully saturated rings. The molecule has 2 aromatic carbocycles. The number of rotatable bonds is 0. The van der Waals surface area contributed by atoms with Crippen LogP contribution in [0.1, 0.15) is 0 Å². The zero-order valence-electron chi connectivity index (χ0n) is 8.01. The minimum absolute atomic E-state index is 0. The van der Waals surface area contributed by atoms with E-state index in [9.17, 15) is 0 Å². The Labute approximate surface area is 105 Å². The van der Waals surface area contributed by atoms with E-state index in [-0.39, 0.29) is 29.6 Å². The molecule has 2 nitrogen and oxygen atoms in total. The van der Waals surface area contributed by atoms with Crippen LogP contribution in [0.25, 0.3) is 10.8 Å². The first kappa shape index (κ1) is 13.2. The van der Waals surface area contributed by atoms with Crippen molar-refractivity contribution in [1.29, 1.82) is 0 Å². The van der Waals surface area contributed by atoms with Crippen LogP contribution >= 0.6 is 0 Å². The fourth-order valence-electron chi connectivity index (χ4n) is 1.13. The molecule has 0 bridgehead atoms. The van der Waals surface area contributed by atoms with Gasteiger partial charge in [0, 0.05) is 6.47 Å². The van der Waals surface area contributed by atoms with Crippen LogP contribution < -0.4 is 34.7 Å². The van der Waals surface area contributed by atoms with Crippen LogP contribution in [-0.4, -0.2) is 6.47 Å². The predicted molar refractivity (Wildman–Crippen MR) is 50.0 cm³/mol. The van der Waals surface area contributed by atoms with Crippen molar-refractivity contribution >= 4 is 17.2 Å². The van der Waals surface area contributed by atoms with Gasteiger partial charge in [-0.15, -0.1) is 0 Å². The Morgan fingerprint density at radius 1 is 0.857 bits per heavy atom. The number of hydrogen-bond donors (Lipinski definition) is 0. The summed E-state index contributed by atoms with van der Waals surface area (Å²) in [5.74, 6) is 0. The molecule has 0 unspecified atom stereocenters. The molecular formula is C11H9NaO2. The Balaban J connectivity index is 0.000000381. The molecule has 3 heteroatoms. The molecule has 0 heterocycles. The van der Waals surface area contributed by atoms with Crippen LogP contribution in [0.15, 0.2) is 48.5 Å². The Kier molecular flexibility index (Phi) is 7.11. The van der Waals surface area contributed by atoms with Crippen molar-refractivity contribution in [3.63, 3.8) is 0 Å². The number of carbonyl (C=O) groups excluding carboxylic acids is 1. The molecule has 0 spiro atoms. The monoisotopic (exact) mass is 196 g/mol. The molecule has 0 amide bonds. The molecule has 2 rings (SSSR count). The van der Waals surface area contributed by atoms with Crippen LogP contribution in [0.3, 0.4) is 0 Å². The average molecular weight is 196 g/mol. The van der Waals surface area contributed by atoms with Gasteiger partial charge >= 0.3 is 29.6 Å². The van der Waals surface area contributed by atoms with Gasteiger partial charge in [-0.3, -0.25) is 0 Å². The molecule has 0 radical (unpaired) electrons. The first-order chi connectivity index (χ1) is 6.38. The smallest absolute Gasteiger partial charge is 0.554 e. The minimum Gasteiger partial charge on any atom is -0.554 e. The third-order valence-electron chi connectivity index (χ3n) is 1.66. The van der Waals surface area contributed by atoms with Crippen LogP contribution in [0.5, 0.6) is 0 Å². The zero-order valence-corrected chi connectivity index (χ0v) is 10.0. The number of fused-ring (bicyclic) bond motifs is 1. The summed E-state index contributed by atoms with van der Waals surface area (Å²) in [5, 5.41) is 10.9. The largest absolute Gasteiger partial charge is 1.00 e. The maximum absolute atomic E-state index is 8.25. The first-order valence-corrected chi connectivity index (χ1v) is 3.88. The minimum atomic E-state index is -0.500. The Morgan fingerprint density at radius 3 is 1.29 bits per heavy atom. The van der Waals surface area contributed by atoms with E-state index in [1.54, 1.807) is 0 Å². The van der Waals surface area contributed by atoms with Gasteiger partial charge in [0.05, 0.1) is 0 Å². The van der Waals surface area contributed by atoms with Gasteiger partial charge in [-0.05, 0) is 10.8 Å². The molecule has 0 saturated heterocycles. The quantitative estimate of drug-likeness (QED) is 0.369. The standard InChI is InChI=1S/C10H8.CH2O2.Na/c1-2-6-10-8-4-3-7-9(10)5-1;2-1-3;/h1-8H;1H,(H,2,3);/q;;+1/p-1. The van der Waals surface area contributed by atoms with Crippen molar-refractivity contribution in [3.8, 4) is 0 Å². The summed E-state index contributed by atoms with van der Waals surface area (Å²) in [7, 11) is 0. The molecule has 0 aliphatic heterocycles. The summed E-state index contributed by atoms with van der Waals surface area (Å²) in [6, 6.07) is 16.7. The van der Waals surface area contributed by atoms with Gasteiger partial charge in [-0.25, -0.2) is 0 Å². The molecule has 0 aliphatic carbocycles. The van der Waals surface area contributed by atoms with E-state index >= 15 is 0 Å². The molecular weight excluding hydrogens is 187 g/mol. The first-order valence-electron chi connectivity index (χ1n) is 3.88. The molecule has 0 N–H and O–H groups in total. The fourth-order valence-corrected chi connectivity index (χ4v) is 1.13. The zero-order chi connectivity index (χ0) is 9.52. The van der Waals surface area contributed by atoms with Gasteiger partial charge < -0.3 is 9.90 Å². The second-order valence-electron chi connectivity index (χ2n) is 2.44. The second kappa shape index (κ2) is 7.56. The van der Waals surface area contributed by atoms with Gasteiger partial charge in [0.15, 0.2) is 0 Å². The van der Waals surface area contributed by atoms with Gasteiger partial charge in [0.1, 0.15) is 0 Å². The van der Waals surface area contributed by atoms with Crippen molar-refractivity contribution < 1.29 is 39.5 Å². The molecule has 0 atom stereocenters. The maximum Gasteiger partial charge on any atom is 1.00 e. The topological polar surface area (TPSA) is 40.1 Å². The van der Waals surface area contributed by atoms with Crippen molar-refractivity contribution in [2.75, 3.05) is 0 Å². The van der Waals surface area contributed by atoms with E-state index in [1.807, 2.05) is 0 Å². The van der Waals surface area contributed by atoms with E-state index in [0.29, 0.717) is 0 Å². The normalized spacial score (nSPS) is 8.00. The van der Waals surface area contributed by atoms with Crippen LogP contribution in [0.2, 0.25) is 0 Å². The Morgan fingerprint density at radius 2 is 1.07 bits per heavy atom. The average Bonchev–Trinajstić information content (AvgIpc) is 2.19. The van der Waals surface area contributed by atoms with Gasteiger partial charge in [0.25, 0.3) is 0 Å². The summed E-state index contributed by atoms with van der Waals surface area (Å²) in [6.45, 7) is -0.500. The van der Waals surface area contributed by atoms with Crippen LogP contribution in [-0.2, 0) is 4.79 Å². The number of benzene rings is 2. The molecule has 0 aromatic heterocycles. The molecule has 0 saturated carbocycles. The predicted octanol–water partition coefficient (Wildman–Crippen LogP) is -1.79. The van der Waals surface area contributed by atoms with Crippen molar-refractivity contribution in [2.24, 2.45) is 0 Å². The van der Waals surface area contributed by atoms with Gasteiger partial charge in [0.2, 0.25) is 0 Å². The number of carbonyl (C=O) groups is 1. The van der Waals surface area contributed by atoms with E-state index in [4.69, 9.17) is 9.90 Å². The van der Waals surface area contributed by atoms with Gasteiger partial charge in [-0.2, -0.15) is 0 Å². The number of hydrogen-bond acceptors (Lipinski definition) is 2. The third-order valence-corrected chi connectivity index (χ3v) is 1.66.